The Labute approximate surface area is 179 Å². The minimum atomic E-state index is -0.429. The van der Waals surface area contributed by atoms with Crippen LogP contribution >= 0.6 is 11.3 Å². The van der Waals surface area contributed by atoms with E-state index in [2.05, 4.69) is 29.6 Å². The zero-order valence-electron chi connectivity index (χ0n) is 16.4. The molecule has 1 heterocycles. The molecule has 0 aliphatic heterocycles. The largest absolute Gasteiger partial charge is 0.328 e. The number of carbonyl (C=O) groups excluding carboxylic acids is 1. The molecule has 0 bridgehead atoms. The van der Waals surface area contributed by atoms with E-state index in [9.17, 15) is 14.9 Å². The van der Waals surface area contributed by atoms with Crippen LogP contribution in [0.4, 0.5) is 5.69 Å². The van der Waals surface area contributed by atoms with Gasteiger partial charge in [-0.05, 0) is 76.6 Å². The van der Waals surface area contributed by atoms with Crippen molar-refractivity contribution in [2.75, 3.05) is 0 Å². The maximum absolute atomic E-state index is 13.3. The fraction of sp³-hybridized carbons (Fsp3) is 0.208. The van der Waals surface area contributed by atoms with Gasteiger partial charge in [0, 0.05) is 24.8 Å². The first-order valence-electron chi connectivity index (χ1n) is 9.94. The Kier molecular flexibility index (Phi) is 6.05. The highest BCUT2D eigenvalue weighted by Gasteiger charge is 2.28. The quantitative estimate of drug-likeness (QED) is 0.290. The van der Waals surface area contributed by atoms with Gasteiger partial charge in [0.05, 0.1) is 11.0 Å². The molecule has 5 nitrogen and oxygen atoms in total. The van der Waals surface area contributed by atoms with Crippen molar-refractivity contribution in [3.05, 3.63) is 104 Å². The van der Waals surface area contributed by atoms with Crippen molar-refractivity contribution in [3.63, 3.8) is 0 Å². The van der Waals surface area contributed by atoms with Gasteiger partial charge in [-0.15, -0.1) is 0 Å². The van der Waals surface area contributed by atoms with Gasteiger partial charge in [0.15, 0.2) is 0 Å². The predicted octanol–water partition coefficient (Wildman–Crippen LogP) is 5.78. The van der Waals surface area contributed by atoms with E-state index in [0.29, 0.717) is 6.54 Å². The summed E-state index contributed by atoms with van der Waals surface area (Å²) in [5.74, 6) is -0.0544. The summed E-state index contributed by atoms with van der Waals surface area (Å²) in [4.78, 5) is 25.6. The fourth-order valence-electron chi connectivity index (χ4n) is 3.94. The third-order valence-electron chi connectivity index (χ3n) is 5.45. The van der Waals surface area contributed by atoms with Gasteiger partial charge in [-0.3, -0.25) is 14.9 Å². The topological polar surface area (TPSA) is 63.4 Å². The van der Waals surface area contributed by atoms with Gasteiger partial charge in [0.1, 0.15) is 0 Å². The van der Waals surface area contributed by atoms with Crippen molar-refractivity contribution in [2.45, 2.75) is 31.8 Å². The number of nitrogens with zero attached hydrogens (tertiary/aromatic N) is 2. The number of carbonyl (C=O) groups is 1. The first-order valence-corrected chi connectivity index (χ1v) is 10.9. The molecule has 6 heteroatoms. The van der Waals surface area contributed by atoms with E-state index < -0.39 is 4.92 Å². The van der Waals surface area contributed by atoms with Gasteiger partial charge >= 0.3 is 0 Å². The molecular formula is C24H22N2O3S. The van der Waals surface area contributed by atoms with Crippen molar-refractivity contribution in [3.8, 4) is 0 Å². The van der Waals surface area contributed by atoms with E-state index in [1.807, 2.05) is 16.3 Å². The maximum atomic E-state index is 13.3. The molecule has 1 aliphatic rings. The second-order valence-electron chi connectivity index (χ2n) is 7.39. The van der Waals surface area contributed by atoms with Gasteiger partial charge in [0.2, 0.25) is 5.91 Å². The van der Waals surface area contributed by atoms with E-state index in [1.54, 1.807) is 35.6 Å². The van der Waals surface area contributed by atoms with Crippen LogP contribution in [0.15, 0.2) is 71.4 Å². The van der Waals surface area contributed by atoms with Crippen molar-refractivity contribution in [1.29, 1.82) is 0 Å². The molecule has 0 radical (unpaired) electrons. The van der Waals surface area contributed by atoms with E-state index in [1.165, 1.54) is 23.3 Å². The lowest BCUT2D eigenvalue weighted by atomic mass is 9.86. The number of hydrogen-bond acceptors (Lipinski definition) is 4. The minimum absolute atomic E-state index is 0.0383. The summed E-state index contributed by atoms with van der Waals surface area (Å²) >= 11 is 1.63. The number of non-ortho nitro benzene ring substituents is 1. The molecule has 4 rings (SSSR count). The smallest absolute Gasteiger partial charge is 0.269 e. The van der Waals surface area contributed by atoms with Crippen LogP contribution < -0.4 is 0 Å². The van der Waals surface area contributed by atoms with Crippen molar-refractivity contribution >= 4 is 29.0 Å². The molecule has 1 unspecified atom stereocenters. The normalized spacial score (nSPS) is 15.7. The van der Waals surface area contributed by atoms with Crippen molar-refractivity contribution in [2.24, 2.45) is 0 Å². The third kappa shape index (κ3) is 4.49. The molecule has 2 aromatic carbocycles. The number of benzene rings is 2. The molecule has 1 aliphatic carbocycles. The van der Waals surface area contributed by atoms with Gasteiger partial charge in [0.25, 0.3) is 5.69 Å². The molecule has 0 fully saturated rings. The molecule has 1 aromatic heterocycles. The fourth-order valence-corrected chi connectivity index (χ4v) is 4.60. The van der Waals surface area contributed by atoms with E-state index in [0.717, 1.165) is 30.4 Å². The average molecular weight is 419 g/mol. The molecule has 0 saturated heterocycles. The monoisotopic (exact) mass is 418 g/mol. The van der Waals surface area contributed by atoms with Crippen LogP contribution in [-0.4, -0.2) is 15.7 Å². The summed E-state index contributed by atoms with van der Waals surface area (Å²) in [6.07, 6.45) is 6.34. The Balaban J connectivity index is 1.60. The second-order valence-corrected chi connectivity index (χ2v) is 8.17. The van der Waals surface area contributed by atoms with Crippen LogP contribution in [-0.2, 0) is 17.8 Å². The SMILES string of the molecule is O=C(/C=C/c1ccc([N+](=O)[O-])cc1)N(Cc1ccsc1)C1CCCc2ccccc21. The Hall–Kier alpha value is -3.25. The minimum Gasteiger partial charge on any atom is -0.328 e. The summed E-state index contributed by atoms with van der Waals surface area (Å²) < 4.78 is 0. The first kappa shape index (κ1) is 20.0. The molecule has 3 aromatic rings. The Bertz CT molecular complexity index is 1060. The predicted molar refractivity (Wildman–Crippen MR) is 119 cm³/mol. The number of nitro groups is 1. The van der Waals surface area contributed by atoms with Crippen LogP contribution in [0.5, 0.6) is 0 Å². The number of rotatable bonds is 6. The number of amides is 1. The van der Waals surface area contributed by atoms with Crippen LogP contribution in [0.2, 0.25) is 0 Å². The molecule has 0 saturated carbocycles. The summed E-state index contributed by atoms with van der Waals surface area (Å²) in [5, 5.41) is 14.9. The van der Waals surface area contributed by atoms with Crippen molar-refractivity contribution in [1.82, 2.24) is 4.90 Å². The zero-order chi connectivity index (χ0) is 20.9. The molecule has 1 amide bonds. The second kappa shape index (κ2) is 9.05. The lowest BCUT2D eigenvalue weighted by Gasteiger charge is -2.35. The number of fused-ring (bicyclic) bond motifs is 1. The van der Waals surface area contributed by atoms with Gasteiger partial charge in [-0.2, -0.15) is 11.3 Å². The Morgan fingerprint density at radius 1 is 1.17 bits per heavy atom. The summed E-state index contributed by atoms with van der Waals surface area (Å²) in [6.45, 7) is 0.561. The average Bonchev–Trinajstić information content (AvgIpc) is 3.29. The summed E-state index contributed by atoms with van der Waals surface area (Å²) in [6, 6.07) is 16.7. The van der Waals surface area contributed by atoms with Crippen LogP contribution in [0.3, 0.4) is 0 Å². The van der Waals surface area contributed by atoms with E-state index in [-0.39, 0.29) is 17.6 Å². The summed E-state index contributed by atoms with van der Waals surface area (Å²) in [7, 11) is 0. The van der Waals surface area contributed by atoms with Crippen molar-refractivity contribution < 1.29 is 9.72 Å². The highest BCUT2D eigenvalue weighted by Crippen LogP contribution is 2.35. The van der Waals surface area contributed by atoms with Gasteiger partial charge in [-0.25, -0.2) is 0 Å². The Morgan fingerprint density at radius 2 is 1.97 bits per heavy atom. The molecule has 0 spiro atoms. The van der Waals surface area contributed by atoms with Crippen LogP contribution in [0, 0.1) is 10.1 Å². The van der Waals surface area contributed by atoms with Crippen LogP contribution in [0.25, 0.3) is 6.08 Å². The number of thiophene rings is 1. The Morgan fingerprint density at radius 3 is 2.70 bits per heavy atom. The number of aryl methyl sites for hydroxylation is 1. The molecule has 0 N–H and O–H groups in total. The highest BCUT2D eigenvalue weighted by atomic mass is 32.1. The van der Waals surface area contributed by atoms with Gasteiger partial charge < -0.3 is 4.90 Å². The third-order valence-corrected chi connectivity index (χ3v) is 6.18. The number of nitro benzene ring substituents is 1. The first-order chi connectivity index (χ1) is 14.6. The van der Waals surface area contributed by atoms with Crippen LogP contribution in [0.1, 0.15) is 41.1 Å². The van der Waals surface area contributed by atoms with Gasteiger partial charge in [-0.1, -0.05) is 24.3 Å². The molecule has 152 valence electrons. The molecule has 30 heavy (non-hydrogen) atoms. The zero-order valence-corrected chi connectivity index (χ0v) is 17.3. The highest BCUT2D eigenvalue weighted by molar-refractivity contribution is 7.07. The maximum Gasteiger partial charge on any atom is 0.269 e. The molecular weight excluding hydrogens is 396 g/mol. The number of hydrogen-bond donors (Lipinski definition) is 0. The van der Waals surface area contributed by atoms with E-state index in [4.69, 9.17) is 0 Å². The standard InChI is InChI=1S/C24H22N2O3S/c27-24(13-10-18-8-11-21(12-9-18)26(28)29)25(16-19-14-15-30-17-19)23-7-3-5-20-4-1-2-6-22(20)23/h1-2,4,6,8-15,17,23H,3,5,7,16H2/b13-10+. The summed E-state index contributed by atoms with van der Waals surface area (Å²) in [5.41, 5.74) is 4.47. The lowest BCUT2D eigenvalue weighted by molar-refractivity contribution is -0.384. The molecule has 1 atom stereocenters. The lowest BCUT2D eigenvalue weighted by Crippen LogP contribution is -2.35. The van der Waals surface area contributed by atoms with E-state index >= 15 is 0 Å².